The molecule has 0 bridgehead atoms. The van der Waals surface area contributed by atoms with E-state index in [0.717, 1.165) is 28.6 Å². The van der Waals surface area contributed by atoms with Crippen LogP contribution in [0.1, 0.15) is 13.8 Å². The molecular formula is C14H15N5OS. The molecular weight excluding hydrogens is 286 g/mol. The highest BCUT2D eigenvalue weighted by Crippen LogP contribution is 2.27. The fraction of sp³-hybridized carbons (Fsp3) is 0.286. The van der Waals surface area contributed by atoms with Crippen molar-refractivity contribution in [3.63, 3.8) is 0 Å². The Hall–Kier alpha value is -2.15. The van der Waals surface area contributed by atoms with Crippen molar-refractivity contribution in [3.8, 4) is 0 Å². The van der Waals surface area contributed by atoms with Crippen LogP contribution in [0.25, 0.3) is 22.1 Å². The average molecular weight is 301 g/mol. The van der Waals surface area contributed by atoms with E-state index < -0.39 is 0 Å². The van der Waals surface area contributed by atoms with Gasteiger partial charge < -0.3 is 10.3 Å². The fourth-order valence-corrected chi connectivity index (χ4v) is 2.94. The molecule has 3 aromatic rings. The quantitative estimate of drug-likeness (QED) is 0.744. The standard InChI is InChI=1S/C14H15N5OS/c1-3-19-10-7-5-4-6-9(10)11-13(19)16-14(18-17-11)21-8(2)12(15)20/h4-8H,3H2,1-2H3,(H2,15,20). The third kappa shape index (κ3) is 2.33. The van der Waals surface area contributed by atoms with Gasteiger partial charge in [-0.05, 0) is 19.9 Å². The van der Waals surface area contributed by atoms with Crippen molar-refractivity contribution >= 4 is 39.7 Å². The van der Waals surface area contributed by atoms with Crippen LogP contribution in [0.2, 0.25) is 0 Å². The molecule has 108 valence electrons. The second-order valence-corrected chi connectivity index (χ2v) is 6.00. The van der Waals surface area contributed by atoms with Crippen LogP contribution in [-0.4, -0.2) is 30.9 Å². The summed E-state index contributed by atoms with van der Waals surface area (Å²) in [7, 11) is 0. The van der Waals surface area contributed by atoms with Crippen LogP contribution in [-0.2, 0) is 11.3 Å². The number of carbonyl (C=O) groups excluding carboxylic acids is 1. The van der Waals surface area contributed by atoms with Gasteiger partial charge in [-0.25, -0.2) is 4.98 Å². The fourth-order valence-electron chi connectivity index (χ4n) is 2.28. The minimum atomic E-state index is -0.389. The van der Waals surface area contributed by atoms with Crippen molar-refractivity contribution in [1.29, 1.82) is 0 Å². The third-order valence-electron chi connectivity index (χ3n) is 3.35. The highest BCUT2D eigenvalue weighted by molar-refractivity contribution is 8.00. The molecule has 2 aromatic heterocycles. The molecule has 1 aromatic carbocycles. The number of primary amides is 1. The van der Waals surface area contributed by atoms with Gasteiger partial charge in [0.1, 0.15) is 5.52 Å². The lowest BCUT2D eigenvalue weighted by Gasteiger charge is -2.05. The molecule has 0 fully saturated rings. The van der Waals surface area contributed by atoms with Crippen LogP contribution in [0.4, 0.5) is 0 Å². The second-order valence-electron chi connectivity index (χ2n) is 4.69. The number of aryl methyl sites for hydroxylation is 1. The minimum absolute atomic E-state index is 0.385. The summed E-state index contributed by atoms with van der Waals surface area (Å²) in [5.41, 5.74) is 7.92. The maximum Gasteiger partial charge on any atom is 0.230 e. The average Bonchev–Trinajstić information content (AvgIpc) is 2.80. The number of carbonyl (C=O) groups is 1. The number of fused-ring (bicyclic) bond motifs is 3. The molecule has 1 unspecified atom stereocenters. The largest absolute Gasteiger partial charge is 0.369 e. The van der Waals surface area contributed by atoms with Crippen LogP contribution in [0.5, 0.6) is 0 Å². The second kappa shape index (κ2) is 5.33. The van der Waals surface area contributed by atoms with Crippen molar-refractivity contribution in [3.05, 3.63) is 24.3 Å². The van der Waals surface area contributed by atoms with Gasteiger partial charge in [-0.1, -0.05) is 30.0 Å². The zero-order valence-electron chi connectivity index (χ0n) is 11.8. The van der Waals surface area contributed by atoms with E-state index in [-0.39, 0.29) is 11.2 Å². The molecule has 2 heterocycles. The molecule has 0 radical (unpaired) electrons. The summed E-state index contributed by atoms with van der Waals surface area (Å²) < 4.78 is 2.10. The predicted molar refractivity (Wildman–Crippen MR) is 83.0 cm³/mol. The molecule has 0 aliphatic carbocycles. The minimum Gasteiger partial charge on any atom is -0.369 e. The summed E-state index contributed by atoms with van der Waals surface area (Å²) >= 11 is 1.22. The summed E-state index contributed by atoms with van der Waals surface area (Å²) in [6.07, 6.45) is 0. The van der Waals surface area contributed by atoms with Crippen molar-refractivity contribution in [1.82, 2.24) is 19.7 Å². The number of thioether (sulfide) groups is 1. The van der Waals surface area contributed by atoms with Gasteiger partial charge in [-0.3, -0.25) is 4.79 Å². The zero-order chi connectivity index (χ0) is 15.0. The zero-order valence-corrected chi connectivity index (χ0v) is 12.6. The van der Waals surface area contributed by atoms with Gasteiger partial charge in [-0.2, -0.15) is 0 Å². The molecule has 3 rings (SSSR count). The number of benzene rings is 1. The van der Waals surface area contributed by atoms with Gasteiger partial charge in [0.2, 0.25) is 11.1 Å². The molecule has 0 saturated carbocycles. The van der Waals surface area contributed by atoms with Crippen LogP contribution >= 0.6 is 11.8 Å². The van der Waals surface area contributed by atoms with Crippen LogP contribution in [0, 0.1) is 0 Å². The molecule has 0 spiro atoms. The van der Waals surface area contributed by atoms with E-state index in [4.69, 9.17) is 5.73 Å². The van der Waals surface area contributed by atoms with Gasteiger partial charge in [0.05, 0.1) is 10.8 Å². The molecule has 2 N–H and O–H groups in total. The first-order valence-electron chi connectivity index (χ1n) is 6.69. The summed E-state index contributed by atoms with van der Waals surface area (Å²) in [6.45, 7) is 4.58. The number of amides is 1. The first kappa shape index (κ1) is 13.8. The Kier molecular flexibility index (Phi) is 3.50. The molecule has 1 atom stereocenters. The first-order chi connectivity index (χ1) is 10.1. The summed E-state index contributed by atoms with van der Waals surface area (Å²) in [5, 5.41) is 9.51. The lowest BCUT2D eigenvalue weighted by Crippen LogP contribution is -2.22. The smallest absolute Gasteiger partial charge is 0.230 e. The Morgan fingerprint density at radius 2 is 2.14 bits per heavy atom. The molecule has 1 amide bonds. The summed E-state index contributed by atoms with van der Waals surface area (Å²) in [5.74, 6) is -0.389. The maximum absolute atomic E-state index is 11.2. The highest BCUT2D eigenvalue weighted by Gasteiger charge is 2.17. The summed E-state index contributed by atoms with van der Waals surface area (Å²) in [6, 6.07) is 8.02. The van der Waals surface area contributed by atoms with Crippen molar-refractivity contribution in [2.24, 2.45) is 5.73 Å². The van der Waals surface area contributed by atoms with Crippen LogP contribution < -0.4 is 5.73 Å². The van der Waals surface area contributed by atoms with E-state index in [1.807, 2.05) is 24.3 Å². The third-order valence-corrected chi connectivity index (χ3v) is 4.32. The van der Waals surface area contributed by atoms with Gasteiger partial charge in [0.25, 0.3) is 0 Å². The number of nitrogens with two attached hydrogens (primary N) is 1. The number of nitrogens with zero attached hydrogens (tertiary/aromatic N) is 4. The van der Waals surface area contributed by atoms with Crippen molar-refractivity contribution in [2.45, 2.75) is 30.8 Å². The van der Waals surface area contributed by atoms with E-state index >= 15 is 0 Å². The monoisotopic (exact) mass is 301 g/mol. The predicted octanol–water partition coefficient (Wildman–Crippen LogP) is 1.97. The van der Waals surface area contributed by atoms with Crippen molar-refractivity contribution < 1.29 is 4.79 Å². The van der Waals surface area contributed by atoms with Gasteiger partial charge in [0, 0.05) is 11.9 Å². The van der Waals surface area contributed by atoms with Crippen molar-refractivity contribution in [2.75, 3.05) is 0 Å². The molecule has 6 nitrogen and oxygen atoms in total. The lowest BCUT2D eigenvalue weighted by atomic mass is 10.2. The normalized spacial score (nSPS) is 12.9. The molecule has 0 saturated heterocycles. The molecule has 0 aliphatic heterocycles. The van der Waals surface area contributed by atoms with Crippen LogP contribution in [0.15, 0.2) is 29.4 Å². The Morgan fingerprint density at radius 1 is 1.38 bits per heavy atom. The molecule has 21 heavy (non-hydrogen) atoms. The van der Waals surface area contributed by atoms with Gasteiger partial charge >= 0.3 is 0 Å². The Labute approximate surface area is 125 Å². The first-order valence-corrected chi connectivity index (χ1v) is 7.57. The van der Waals surface area contributed by atoms with Gasteiger partial charge in [0.15, 0.2) is 5.65 Å². The summed E-state index contributed by atoms with van der Waals surface area (Å²) in [4.78, 5) is 15.7. The topological polar surface area (TPSA) is 86.7 Å². The number of aromatic nitrogens is 4. The molecule has 7 heteroatoms. The number of hydrogen-bond donors (Lipinski definition) is 1. The Morgan fingerprint density at radius 3 is 2.86 bits per heavy atom. The Balaban J connectivity index is 2.17. The number of hydrogen-bond acceptors (Lipinski definition) is 5. The van der Waals surface area contributed by atoms with E-state index in [0.29, 0.717) is 5.16 Å². The lowest BCUT2D eigenvalue weighted by molar-refractivity contribution is -0.117. The SMILES string of the molecule is CCn1c2ccccc2c2nnc(SC(C)C(N)=O)nc21. The van der Waals surface area contributed by atoms with Gasteiger partial charge in [-0.15, -0.1) is 10.2 Å². The van der Waals surface area contributed by atoms with E-state index in [9.17, 15) is 4.79 Å². The van der Waals surface area contributed by atoms with Crippen LogP contribution in [0.3, 0.4) is 0 Å². The molecule has 0 aliphatic rings. The maximum atomic E-state index is 11.2. The van der Waals surface area contributed by atoms with E-state index in [2.05, 4.69) is 26.7 Å². The highest BCUT2D eigenvalue weighted by atomic mass is 32.2. The van der Waals surface area contributed by atoms with E-state index in [1.54, 1.807) is 6.92 Å². The van der Waals surface area contributed by atoms with E-state index in [1.165, 1.54) is 11.8 Å². The number of rotatable bonds is 4. The number of para-hydroxylation sites is 1. The Bertz CT molecular complexity index is 829.